The van der Waals surface area contributed by atoms with E-state index in [1.54, 1.807) is 0 Å². The van der Waals surface area contributed by atoms with Gasteiger partial charge in [0.05, 0.1) is 6.61 Å². The molecule has 1 fully saturated rings. The first-order chi connectivity index (χ1) is 7.29. The molecule has 2 nitrogen and oxygen atoms in total. The van der Waals surface area contributed by atoms with Gasteiger partial charge in [-0.3, -0.25) is 0 Å². The van der Waals surface area contributed by atoms with Crippen molar-refractivity contribution in [2.45, 2.75) is 32.7 Å². The first kappa shape index (κ1) is 10.3. The summed E-state index contributed by atoms with van der Waals surface area (Å²) in [5, 5.41) is 3.52. The second-order valence-corrected chi connectivity index (χ2v) is 4.23. The van der Waals surface area contributed by atoms with Crippen molar-refractivity contribution in [1.82, 2.24) is 0 Å². The average Bonchev–Trinajstić information content (AvgIpc) is 3.01. The fourth-order valence-corrected chi connectivity index (χ4v) is 1.82. The lowest BCUT2D eigenvalue weighted by Crippen LogP contribution is -2.17. The molecule has 82 valence electrons. The first-order valence-electron chi connectivity index (χ1n) is 5.79. The summed E-state index contributed by atoms with van der Waals surface area (Å²) < 4.78 is 5.46. The highest BCUT2D eigenvalue weighted by molar-refractivity contribution is 5.49. The highest BCUT2D eigenvalue weighted by Gasteiger charge is 2.27. The van der Waals surface area contributed by atoms with Gasteiger partial charge in [-0.05, 0) is 44.7 Å². The molecule has 15 heavy (non-hydrogen) atoms. The van der Waals surface area contributed by atoms with Gasteiger partial charge in [0.1, 0.15) is 5.75 Å². The molecule has 1 N–H and O–H groups in total. The van der Waals surface area contributed by atoms with Crippen LogP contribution in [0.5, 0.6) is 5.75 Å². The van der Waals surface area contributed by atoms with Crippen LogP contribution in [0, 0.1) is 5.92 Å². The van der Waals surface area contributed by atoms with E-state index in [9.17, 15) is 0 Å². The number of hydrogen-bond donors (Lipinski definition) is 1. The van der Waals surface area contributed by atoms with Crippen LogP contribution in [-0.2, 0) is 0 Å². The van der Waals surface area contributed by atoms with Crippen molar-refractivity contribution in [3.63, 3.8) is 0 Å². The first-order valence-corrected chi connectivity index (χ1v) is 5.79. The number of ether oxygens (including phenoxy) is 1. The third-order valence-electron chi connectivity index (χ3n) is 2.87. The predicted molar refractivity (Wildman–Crippen MR) is 63.4 cm³/mol. The fraction of sp³-hybridized carbons (Fsp3) is 0.538. The summed E-state index contributed by atoms with van der Waals surface area (Å²) in [4.78, 5) is 0. The van der Waals surface area contributed by atoms with Gasteiger partial charge < -0.3 is 10.1 Å². The van der Waals surface area contributed by atoms with Crippen molar-refractivity contribution in [3.8, 4) is 5.75 Å². The van der Waals surface area contributed by atoms with Gasteiger partial charge in [0.2, 0.25) is 0 Å². The molecule has 1 aliphatic rings. The molecule has 0 aromatic heterocycles. The Morgan fingerprint density at radius 3 is 2.93 bits per heavy atom. The molecule has 1 atom stereocenters. The SMILES string of the molecule is CCOc1cccc(N[C@H](C)C2CC2)c1. The molecule has 2 rings (SSSR count). The Kier molecular flexibility index (Phi) is 3.14. The Labute approximate surface area is 91.6 Å². The van der Waals surface area contributed by atoms with E-state index >= 15 is 0 Å². The topological polar surface area (TPSA) is 21.3 Å². The van der Waals surface area contributed by atoms with E-state index in [1.807, 2.05) is 19.1 Å². The molecule has 0 spiro atoms. The fourth-order valence-electron chi connectivity index (χ4n) is 1.82. The van der Waals surface area contributed by atoms with E-state index in [0.29, 0.717) is 6.04 Å². The minimum absolute atomic E-state index is 0.585. The van der Waals surface area contributed by atoms with Crippen LogP contribution in [0.2, 0.25) is 0 Å². The second kappa shape index (κ2) is 4.56. The van der Waals surface area contributed by atoms with Crippen LogP contribution in [-0.4, -0.2) is 12.6 Å². The van der Waals surface area contributed by atoms with Crippen LogP contribution in [0.1, 0.15) is 26.7 Å². The second-order valence-electron chi connectivity index (χ2n) is 4.23. The third-order valence-corrected chi connectivity index (χ3v) is 2.87. The van der Waals surface area contributed by atoms with E-state index in [1.165, 1.54) is 18.5 Å². The maximum absolute atomic E-state index is 5.46. The van der Waals surface area contributed by atoms with Gasteiger partial charge >= 0.3 is 0 Å². The summed E-state index contributed by atoms with van der Waals surface area (Å²) in [6.07, 6.45) is 2.75. The smallest absolute Gasteiger partial charge is 0.121 e. The number of anilines is 1. The molecule has 1 aliphatic carbocycles. The molecule has 0 radical (unpaired) electrons. The van der Waals surface area contributed by atoms with Gasteiger partial charge in [0, 0.05) is 17.8 Å². The van der Waals surface area contributed by atoms with Gasteiger partial charge in [-0.25, -0.2) is 0 Å². The molecule has 0 bridgehead atoms. The van der Waals surface area contributed by atoms with E-state index in [2.05, 4.69) is 24.4 Å². The predicted octanol–water partition coefficient (Wildman–Crippen LogP) is 3.30. The lowest BCUT2D eigenvalue weighted by Gasteiger charge is -2.15. The van der Waals surface area contributed by atoms with Crippen molar-refractivity contribution < 1.29 is 4.74 Å². The Bertz CT molecular complexity index is 320. The Hall–Kier alpha value is -1.18. The molecule has 0 amide bonds. The van der Waals surface area contributed by atoms with Crippen LogP contribution in [0.25, 0.3) is 0 Å². The number of rotatable bonds is 5. The zero-order valence-corrected chi connectivity index (χ0v) is 9.49. The van der Waals surface area contributed by atoms with Crippen molar-refractivity contribution in [2.24, 2.45) is 5.92 Å². The highest BCUT2D eigenvalue weighted by atomic mass is 16.5. The van der Waals surface area contributed by atoms with Crippen LogP contribution >= 0.6 is 0 Å². The molecule has 1 aromatic rings. The lowest BCUT2D eigenvalue weighted by molar-refractivity contribution is 0.340. The molecule has 1 aromatic carbocycles. The maximum atomic E-state index is 5.46. The summed E-state index contributed by atoms with van der Waals surface area (Å²) in [5.41, 5.74) is 1.17. The number of benzene rings is 1. The van der Waals surface area contributed by atoms with E-state index in [0.717, 1.165) is 18.3 Å². The summed E-state index contributed by atoms with van der Waals surface area (Å²) >= 11 is 0. The molecule has 2 heteroatoms. The number of hydrogen-bond acceptors (Lipinski definition) is 2. The van der Waals surface area contributed by atoms with Crippen LogP contribution < -0.4 is 10.1 Å². The average molecular weight is 205 g/mol. The van der Waals surface area contributed by atoms with Gasteiger partial charge in [0.15, 0.2) is 0 Å². The number of nitrogens with one attached hydrogen (secondary N) is 1. The molecule has 0 saturated heterocycles. The largest absolute Gasteiger partial charge is 0.494 e. The Morgan fingerprint density at radius 2 is 2.27 bits per heavy atom. The van der Waals surface area contributed by atoms with Gasteiger partial charge in [0.25, 0.3) is 0 Å². The maximum Gasteiger partial charge on any atom is 0.121 e. The van der Waals surface area contributed by atoms with Crippen molar-refractivity contribution in [1.29, 1.82) is 0 Å². The zero-order chi connectivity index (χ0) is 10.7. The molecule has 0 unspecified atom stereocenters. The quantitative estimate of drug-likeness (QED) is 0.796. The molecule has 0 aliphatic heterocycles. The standard InChI is InChI=1S/C13H19NO/c1-3-15-13-6-4-5-12(9-13)14-10(2)11-7-8-11/h4-6,9-11,14H,3,7-8H2,1-2H3/t10-/m1/s1. The van der Waals surface area contributed by atoms with Crippen molar-refractivity contribution >= 4 is 5.69 Å². The summed E-state index contributed by atoms with van der Waals surface area (Å²) in [6.45, 7) is 4.99. The molecule has 0 heterocycles. The highest BCUT2D eigenvalue weighted by Crippen LogP contribution is 2.34. The third kappa shape index (κ3) is 2.88. The molecular weight excluding hydrogens is 186 g/mol. The van der Waals surface area contributed by atoms with Gasteiger partial charge in [-0.15, -0.1) is 0 Å². The van der Waals surface area contributed by atoms with E-state index in [-0.39, 0.29) is 0 Å². The molecule has 1 saturated carbocycles. The van der Waals surface area contributed by atoms with E-state index < -0.39 is 0 Å². The summed E-state index contributed by atoms with van der Waals surface area (Å²) in [7, 11) is 0. The summed E-state index contributed by atoms with van der Waals surface area (Å²) in [6, 6.07) is 8.79. The van der Waals surface area contributed by atoms with Crippen molar-refractivity contribution in [3.05, 3.63) is 24.3 Å². The van der Waals surface area contributed by atoms with Gasteiger partial charge in [-0.2, -0.15) is 0 Å². The summed E-state index contributed by atoms with van der Waals surface area (Å²) in [5.74, 6) is 1.83. The van der Waals surface area contributed by atoms with Crippen LogP contribution in [0.4, 0.5) is 5.69 Å². The minimum atomic E-state index is 0.585. The van der Waals surface area contributed by atoms with Crippen LogP contribution in [0.15, 0.2) is 24.3 Å². The molecular formula is C13H19NO. The Balaban J connectivity index is 1.97. The van der Waals surface area contributed by atoms with Gasteiger partial charge in [-0.1, -0.05) is 6.07 Å². The zero-order valence-electron chi connectivity index (χ0n) is 9.49. The van der Waals surface area contributed by atoms with Crippen LogP contribution in [0.3, 0.4) is 0 Å². The van der Waals surface area contributed by atoms with Crippen molar-refractivity contribution in [2.75, 3.05) is 11.9 Å². The monoisotopic (exact) mass is 205 g/mol. The lowest BCUT2D eigenvalue weighted by atomic mass is 10.2. The van der Waals surface area contributed by atoms with E-state index in [4.69, 9.17) is 4.74 Å². The minimum Gasteiger partial charge on any atom is -0.494 e. The normalized spacial score (nSPS) is 17.2. The Morgan fingerprint density at radius 1 is 1.47 bits per heavy atom.